The predicted octanol–water partition coefficient (Wildman–Crippen LogP) is 5.36. The molecule has 2 aromatic carbocycles. The SMILES string of the molecule is C=C1C=C(C)c2cnc(Nc3ccc(N4CCN(C)CC4)cc3OC)nc2N1c1cccc(C)c1. The molecule has 2 aliphatic rings. The maximum atomic E-state index is 5.73. The quantitative estimate of drug-likeness (QED) is 0.541. The largest absolute Gasteiger partial charge is 0.494 e. The Morgan fingerprint density at radius 2 is 1.80 bits per heavy atom. The molecule has 1 fully saturated rings. The summed E-state index contributed by atoms with van der Waals surface area (Å²) in [5, 5.41) is 3.37. The molecule has 2 aliphatic heterocycles. The van der Waals surface area contributed by atoms with E-state index in [-0.39, 0.29) is 0 Å². The van der Waals surface area contributed by atoms with Gasteiger partial charge in [0, 0.05) is 61.1 Å². The molecule has 0 radical (unpaired) electrons. The predicted molar refractivity (Wildman–Crippen MR) is 144 cm³/mol. The molecule has 0 atom stereocenters. The van der Waals surface area contributed by atoms with Crippen molar-refractivity contribution in [1.29, 1.82) is 0 Å². The summed E-state index contributed by atoms with van der Waals surface area (Å²) in [4.78, 5) is 16.4. The third kappa shape index (κ3) is 4.59. The lowest BCUT2D eigenvalue weighted by Gasteiger charge is -2.34. The Bertz CT molecular complexity index is 1290. The first-order valence-electron chi connectivity index (χ1n) is 11.9. The number of aryl methyl sites for hydroxylation is 1. The van der Waals surface area contributed by atoms with Gasteiger partial charge in [-0.25, -0.2) is 4.98 Å². The van der Waals surface area contributed by atoms with Crippen LogP contribution in [0.5, 0.6) is 5.75 Å². The lowest BCUT2D eigenvalue weighted by atomic mass is 10.0. The number of hydrogen-bond acceptors (Lipinski definition) is 7. The summed E-state index contributed by atoms with van der Waals surface area (Å²) in [6.07, 6.45) is 3.94. The van der Waals surface area contributed by atoms with Crippen LogP contribution in [0.15, 0.2) is 67.0 Å². The molecule has 0 spiro atoms. The van der Waals surface area contributed by atoms with Crippen molar-refractivity contribution in [1.82, 2.24) is 14.9 Å². The fourth-order valence-corrected chi connectivity index (χ4v) is 4.63. The van der Waals surface area contributed by atoms with Crippen LogP contribution in [-0.2, 0) is 0 Å². The normalized spacial score (nSPS) is 16.1. The molecule has 7 nitrogen and oxygen atoms in total. The van der Waals surface area contributed by atoms with Crippen LogP contribution >= 0.6 is 0 Å². The monoisotopic (exact) mass is 468 g/mol. The Kier molecular flexibility index (Phi) is 6.17. The van der Waals surface area contributed by atoms with Gasteiger partial charge in [0.05, 0.1) is 12.8 Å². The van der Waals surface area contributed by atoms with Crippen LogP contribution in [0.3, 0.4) is 0 Å². The van der Waals surface area contributed by atoms with Crippen LogP contribution in [-0.4, -0.2) is 55.2 Å². The zero-order valence-corrected chi connectivity index (χ0v) is 20.9. The van der Waals surface area contributed by atoms with Gasteiger partial charge in [-0.2, -0.15) is 4.98 Å². The Hall–Kier alpha value is -3.84. The van der Waals surface area contributed by atoms with E-state index >= 15 is 0 Å². The van der Waals surface area contributed by atoms with E-state index < -0.39 is 0 Å². The standard InChI is InChI=1S/C28H32N6O/c1-19-7-6-8-23(15-19)34-21(3)16-20(2)24-18-29-28(31-27(24)34)30-25-10-9-22(17-26(25)35-5)33-13-11-32(4)12-14-33/h6-10,15-18H,3,11-14H2,1-2,4-5H3,(H,29,30,31). The van der Waals surface area contributed by atoms with E-state index in [1.807, 2.05) is 12.3 Å². The second kappa shape index (κ2) is 9.43. The number of benzene rings is 2. The number of methoxy groups -OCH3 is 1. The molecular formula is C28H32N6O. The highest BCUT2D eigenvalue weighted by Crippen LogP contribution is 2.40. The molecule has 35 heavy (non-hydrogen) atoms. The van der Waals surface area contributed by atoms with E-state index in [1.165, 1.54) is 5.56 Å². The number of anilines is 5. The molecule has 3 aromatic rings. The Labute approximate surface area is 207 Å². The summed E-state index contributed by atoms with van der Waals surface area (Å²) >= 11 is 0. The van der Waals surface area contributed by atoms with E-state index in [9.17, 15) is 0 Å². The van der Waals surface area contributed by atoms with Gasteiger partial charge in [-0.1, -0.05) is 18.7 Å². The number of allylic oxidation sites excluding steroid dienone is 2. The fraction of sp³-hybridized carbons (Fsp3) is 0.286. The van der Waals surface area contributed by atoms with Crippen LogP contribution in [0.4, 0.5) is 28.8 Å². The van der Waals surface area contributed by atoms with Crippen molar-refractivity contribution in [3.8, 4) is 5.75 Å². The van der Waals surface area contributed by atoms with Crippen LogP contribution in [0.1, 0.15) is 18.1 Å². The first-order chi connectivity index (χ1) is 16.9. The Morgan fingerprint density at radius 3 is 2.54 bits per heavy atom. The molecule has 0 bridgehead atoms. The van der Waals surface area contributed by atoms with Gasteiger partial charge in [0.2, 0.25) is 5.95 Å². The van der Waals surface area contributed by atoms with Gasteiger partial charge < -0.3 is 19.9 Å². The summed E-state index contributed by atoms with van der Waals surface area (Å²) in [5.41, 5.74) is 7.15. The number of hydrogen-bond donors (Lipinski definition) is 1. The smallest absolute Gasteiger partial charge is 0.229 e. The second-order valence-corrected chi connectivity index (χ2v) is 9.22. The highest BCUT2D eigenvalue weighted by atomic mass is 16.5. The lowest BCUT2D eigenvalue weighted by molar-refractivity contribution is 0.312. The van der Waals surface area contributed by atoms with Crippen molar-refractivity contribution in [3.63, 3.8) is 0 Å². The maximum absolute atomic E-state index is 5.73. The van der Waals surface area contributed by atoms with Gasteiger partial charge in [0.15, 0.2) is 5.82 Å². The Morgan fingerprint density at radius 1 is 1.00 bits per heavy atom. The number of nitrogens with zero attached hydrogens (tertiary/aromatic N) is 5. The molecule has 0 unspecified atom stereocenters. The average molecular weight is 469 g/mol. The van der Waals surface area contributed by atoms with E-state index in [4.69, 9.17) is 9.72 Å². The third-order valence-electron chi connectivity index (χ3n) is 6.64. The minimum absolute atomic E-state index is 0.509. The average Bonchev–Trinajstić information content (AvgIpc) is 2.85. The molecule has 1 aromatic heterocycles. The molecule has 1 N–H and O–H groups in total. The summed E-state index contributed by atoms with van der Waals surface area (Å²) < 4.78 is 5.73. The van der Waals surface area contributed by atoms with Gasteiger partial charge in [0.1, 0.15) is 5.75 Å². The third-order valence-corrected chi connectivity index (χ3v) is 6.64. The minimum Gasteiger partial charge on any atom is -0.494 e. The molecule has 180 valence electrons. The second-order valence-electron chi connectivity index (χ2n) is 9.22. The van der Waals surface area contributed by atoms with Gasteiger partial charge in [-0.05, 0) is 62.4 Å². The number of piperazine rings is 1. The van der Waals surface area contributed by atoms with Gasteiger partial charge in [-0.15, -0.1) is 0 Å². The van der Waals surface area contributed by atoms with E-state index in [0.717, 1.165) is 71.6 Å². The lowest BCUT2D eigenvalue weighted by Crippen LogP contribution is -2.44. The van der Waals surface area contributed by atoms with Gasteiger partial charge in [-0.3, -0.25) is 4.90 Å². The van der Waals surface area contributed by atoms with Crippen LogP contribution < -0.4 is 19.9 Å². The number of fused-ring (bicyclic) bond motifs is 1. The first-order valence-corrected chi connectivity index (χ1v) is 11.9. The van der Waals surface area contributed by atoms with Crippen molar-refractivity contribution in [3.05, 3.63) is 78.1 Å². The number of ether oxygens (including phenoxy) is 1. The van der Waals surface area contributed by atoms with Crippen LogP contribution in [0, 0.1) is 6.92 Å². The van der Waals surface area contributed by atoms with Crippen molar-refractivity contribution in [2.24, 2.45) is 0 Å². The van der Waals surface area contributed by atoms with E-state index in [2.05, 4.69) is 94.9 Å². The molecule has 3 heterocycles. The topological polar surface area (TPSA) is 56.8 Å². The summed E-state index contributed by atoms with van der Waals surface area (Å²) in [6.45, 7) is 12.6. The van der Waals surface area contributed by atoms with E-state index in [0.29, 0.717) is 5.95 Å². The van der Waals surface area contributed by atoms with Gasteiger partial charge >= 0.3 is 0 Å². The van der Waals surface area contributed by atoms with Crippen molar-refractivity contribution in [2.75, 3.05) is 55.5 Å². The highest BCUT2D eigenvalue weighted by Gasteiger charge is 2.24. The highest BCUT2D eigenvalue weighted by molar-refractivity contribution is 5.86. The fourth-order valence-electron chi connectivity index (χ4n) is 4.63. The molecule has 5 rings (SSSR count). The zero-order valence-electron chi connectivity index (χ0n) is 20.9. The molecular weight excluding hydrogens is 436 g/mol. The zero-order chi connectivity index (χ0) is 24.5. The molecule has 0 aliphatic carbocycles. The summed E-state index contributed by atoms with van der Waals surface area (Å²) in [5.74, 6) is 2.08. The van der Waals surface area contributed by atoms with Crippen LogP contribution in [0.25, 0.3) is 5.57 Å². The number of aromatic nitrogens is 2. The maximum Gasteiger partial charge on any atom is 0.229 e. The van der Waals surface area contributed by atoms with Crippen molar-refractivity contribution >= 4 is 34.4 Å². The molecule has 1 saturated heterocycles. The first kappa shape index (κ1) is 22.9. The molecule has 0 saturated carbocycles. The van der Waals surface area contributed by atoms with Gasteiger partial charge in [0.25, 0.3) is 0 Å². The number of likely N-dealkylation sites (N-methyl/N-ethyl adjacent to an activating group) is 1. The van der Waals surface area contributed by atoms with Crippen molar-refractivity contribution in [2.45, 2.75) is 13.8 Å². The molecule has 0 amide bonds. The summed E-state index contributed by atoms with van der Waals surface area (Å²) in [6, 6.07) is 14.6. The molecule has 7 heteroatoms. The number of nitrogens with one attached hydrogen (secondary N) is 1. The minimum atomic E-state index is 0.509. The van der Waals surface area contributed by atoms with Crippen LogP contribution in [0.2, 0.25) is 0 Å². The van der Waals surface area contributed by atoms with Crippen molar-refractivity contribution < 1.29 is 4.74 Å². The van der Waals surface area contributed by atoms with E-state index in [1.54, 1.807) is 7.11 Å². The number of rotatable bonds is 5. The Balaban J connectivity index is 1.46. The summed E-state index contributed by atoms with van der Waals surface area (Å²) in [7, 11) is 3.86.